The summed E-state index contributed by atoms with van der Waals surface area (Å²) in [5.41, 5.74) is 0. The molecule has 0 unspecified atom stereocenters. The van der Waals surface area contributed by atoms with Crippen LogP contribution in [0.2, 0.25) is 8.87 Å². The Kier molecular flexibility index (Phi) is 10.5. The SMILES string of the molecule is CCC[CH2][SnH]([CH2]CCC)[O]P(O)O. The molecule has 0 aliphatic carbocycles. The molecular weight excluding hydrogens is 294 g/mol. The predicted octanol–water partition coefficient (Wildman–Crippen LogP) is 2.54. The van der Waals surface area contributed by atoms with E-state index in [0.29, 0.717) is 0 Å². The van der Waals surface area contributed by atoms with Gasteiger partial charge < -0.3 is 0 Å². The van der Waals surface area contributed by atoms with Gasteiger partial charge in [0.25, 0.3) is 0 Å². The van der Waals surface area contributed by atoms with Crippen LogP contribution in [0.3, 0.4) is 0 Å². The molecule has 13 heavy (non-hydrogen) atoms. The van der Waals surface area contributed by atoms with Crippen molar-refractivity contribution in [3.05, 3.63) is 0 Å². The minimum absolute atomic E-state index is 1.15. The van der Waals surface area contributed by atoms with Gasteiger partial charge in [-0.3, -0.25) is 0 Å². The molecule has 0 aromatic rings. The van der Waals surface area contributed by atoms with Crippen LogP contribution in [0, 0.1) is 0 Å². The Morgan fingerprint density at radius 1 is 1.08 bits per heavy atom. The maximum atomic E-state index is 8.77. The monoisotopic (exact) mass is 316 g/mol. The van der Waals surface area contributed by atoms with E-state index in [0.717, 1.165) is 8.87 Å². The summed E-state index contributed by atoms with van der Waals surface area (Å²) in [6.45, 7) is 4.31. The molecular formula is C8H21O3PSn. The topological polar surface area (TPSA) is 49.7 Å². The van der Waals surface area contributed by atoms with Crippen LogP contribution in [0.15, 0.2) is 0 Å². The molecule has 0 rings (SSSR count). The second kappa shape index (κ2) is 9.66. The molecule has 0 atom stereocenters. The summed E-state index contributed by atoms with van der Waals surface area (Å²) in [4.78, 5) is 17.5. The van der Waals surface area contributed by atoms with E-state index in [1.165, 1.54) is 25.7 Å². The molecule has 0 radical (unpaired) electrons. The summed E-state index contributed by atoms with van der Waals surface area (Å²) in [6, 6.07) is 0. The molecule has 0 saturated carbocycles. The fourth-order valence-corrected chi connectivity index (χ4v) is 11.6. The van der Waals surface area contributed by atoms with Crippen molar-refractivity contribution in [2.45, 2.75) is 48.4 Å². The third-order valence-corrected chi connectivity index (χ3v) is 12.7. The van der Waals surface area contributed by atoms with Crippen LogP contribution in [-0.4, -0.2) is 30.0 Å². The van der Waals surface area contributed by atoms with Gasteiger partial charge in [-0.1, -0.05) is 0 Å². The molecule has 0 fully saturated rings. The summed E-state index contributed by atoms with van der Waals surface area (Å²) < 4.78 is 7.54. The van der Waals surface area contributed by atoms with Crippen LogP contribution >= 0.6 is 8.60 Å². The Balaban J connectivity index is 3.60. The van der Waals surface area contributed by atoms with Crippen LogP contribution in [0.5, 0.6) is 0 Å². The van der Waals surface area contributed by atoms with Crippen molar-refractivity contribution in [1.29, 1.82) is 0 Å². The Hall–Kier alpha value is 1.11. The summed E-state index contributed by atoms with van der Waals surface area (Å²) in [6.07, 6.45) is 4.73. The molecule has 80 valence electrons. The third kappa shape index (κ3) is 9.41. The summed E-state index contributed by atoms with van der Waals surface area (Å²) in [5, 5.41) is 0. The third-order valence-electron chi connectivity index (χ3n) is 2.00. The Morgan fingerprint density at radius 3 is 1.85 bits per heavy atom. The average molecular weight is 315 g/mol. The molecule has 5 heteroatoms. The zero-order valence-corrected chi connectivity index (χ0v) is 12.8. The molecule has 3 nitrogen and oxygen atoms in total. The van der Waals surface area contributed by atoms with Gasteiger partial charge in [0.15, 0.2) is 0 Å². The van der Waals surface area contributed by atoms with Crippen molar-refractivity contribution >= 4 is 28.8 Å². The predicted molar refractivity (Wildman–Crippen MR) is 59.0 cm³/mol. The zero-order chi connectivity index (χ0) is 10.1. The van der Waals surface area contributed by atoms with Crippen molar-refractivity contribution < 1.29 is 12.6 Å². The summed E-state index contributed by atoms with van der Waals surface area (Å²) in [7, 11) is -2.08. The van der Waals surface area contributed by atoms with Crippen molar-refractivity contribution in [2.24, 2.45) is 0 Å². The van der Waals surface area contributed by atoms with Gasteiger partial charge in [-0.05, 0) is 0 Å². The normalized spacial score (nSPS) is 11.5. The molecule has 0 saturated heterocycles. The second-order valence-electron chi connectivity index (χ2n) is 3.26. The van der Waals surface area contributed by atoms with E-state index in [2.05, 4.69) is 13.8 Å². The van der Waals surface area contributed by atoms with E-state index in [9.17, 15) is 0 Å². The number of unbranched alkanes of at least 4 members (excludes halogenated alkanes) is 2. The second-order valence-corrected chi connectivity index (χ2v) is 12.6. The minimum atomic E-state index is -2.08. The molecule has 2 N–H and O–H groups in total. The van der Waals surface area contributed by atoms with Crippen molar-refractivity contribution in [3.8, 4) is 0 Å². The summed E-state index contributed by atoms with van der Waals surface area (Å²) in [5.74, 6) is 0. The van der Waals surface area contributed by atoms with E-state index in [-0.39, 0.29) is 0 Å². The van der Waals surface area contributed by atoms with Gasteiger partial charge in [-0.25, -0.2) is 0 Å². The Labute approximate surface area is 89.8 Å². The molecule has 0 aliphatic heterocycles. The first-order valence-corrected chi connectivity index (χ1v) is 12.2. The fraction of sp³-hybridized carbons (Fsp3) is 1.00. The number of hydrogen-bond donors (Lipinski definition) is 2. The van der Waals surface area contributed by atoms with Crippen molar-refractivity contribution in [2.75, 3.05) is 0 Å². The number of hydrogen-bond acceptors (Lipinski definition) is 3. The molecule has 0 heterocycles. The van der Waals surface area contributed by atoms with Gasteiger partial charge in [0, 0.05) is 0 Å². The van der Waals surface area contributed by atoms with Crippen LogP contribution in [0.1, 0.15) is 39.5 Å². The average Bonchev–Trinajstić information content (AvgIpc) is 2.09. The van der Waals surface area contributed by atoms with Crippen LogP contribution in [0.4, 0.5) is 0 Å². The van der Waals surface area contributed by atoms with Gasteiger partial charge in [0.05, 0.1) is 0 Å². The number of rotatable bonds is 8. The first-order valence-electron chi connectivity index (χ1n) is 5.05. The summed E-state index contributed by atoms with van der Waals surface area (Å²) >= 11 is -1.98. The fourth-order valence-electron chi connectivity index (χ4n) is 1.25. The van der Waals surface area contributed by atoms with Gasteiger partial charge in [-0.2, -0.15) is 0 Å². The Bertz CT molecular complexity index is 106. The quantitative estimate of drug-likeness (QED) is 0.535. The van der Waals surface area contributed by atoms with E-state index < -0.39 is 28.8 Å². The molecule has 0 bridgehead atoms. The van der Waals surface area contributed by atoms with Crippen LogP contribution in [0.25, 0.3) is 0 Å². The van der Waals surface area contributed by atoms with Crippen molar-refractivity contribution in [1.82, 2.24) is 0 Å². The first-order chi connectivity index (χ1) is 6.20. The first kappa shape index (κ1) is 14.1. The standard InChI is InChI=1S/2C4H9.H2O3P.Sn.H/c2*1-3-4-2;1-4(2)3;;/h2*1,3-4H2,2H3;1-2H;;/q;;-1;+1;. The van der Waals surface area contributed by atoms with E-state index in [1.807, 2.05) is 0 Å². The molecule has 0 spiro atoms. The molecule has 0 aromatic carbocycles. The molecule has 0 aromatic heterocycles. The molecule has 0 aliphatic rings. The van der Waals surface area contributed by atoms with E-state index in [4.69, 9.17) is 12.6 Å². The van der Waals surface area contributed by atoms with E-state index >= 15 is 0 Å². The van der Waals surface area contributed by atoms with Gasteiger partial charge in [0.1, 0.15) is 0 Å². The molecule has 0 amide bonds. The van der Waals surface area contributed by atoms with Crippen LogP contribution < -0.4 is 0 Å². The Morgan fingerprint density at radius 2 is 1.54 bits per heavy atom. The zero-order valence-electron chi connectivity index (χ0n) is 8.57. The van der Waals surface area contributed by atoms with Gasteiger partial charge in [-0.15, -0.1) is 0 Å². The van der Waals surface area contributed by atoms with Gasteiger partial charge >= 0.3 is 89.8 Å². The van der Waals surface area contributed by atoms with Gasteiger partial charge in [0.2, 0.25) is 0 Å². The maximum absolute atomic E-state index is 8.77. The van der Waals surface area contributed by atoms with Crippen molar-refractivity contribution in [3.63, 3.8) is 0 Å². The van der Waals surface area contributed by atoms with E-state index in [1.54, 1.807) is 0 Å². The van der Waals surface area contributed by atoms with Crippen LogP contribution in [-0.2, 0) is 2.86 Å².